The third-order valence-electron chi connectivity index (χ3n) is 3.02. The van der Waals surface area contributed by atoms with Crippen molar-refractivity contribution in [2.75, 3.05) is 5.73 Å². The van der Waals surface area contributed by atoms with Gasteiger partial charge < -0.3 is 5.73 Å². The highest BCUT2D eigenvalue weighted by atomic mass is 32.2. The molecular formula is C16H16N2S. The average Bonchev–Trinajstić information content (AvgIpc) is 2.39. The molecule has 0 atom stereocenters. The second-order valence-electron chi connectivity index (χ2n) is 4.58. The number of nitrogen functional groups attached to an aromatic ring is 1. The molecule has 0 bridgehead atoms. The van der Waals surface area contributed by atoms with Crippen LogP contribution in [0.2, 0.25) is 0 Å². The molecule has 0 aliphatic carbocycles. The lowest BCUT2D eigenvalue weighted by Gasteiger charge is -2.08. The van der Waals surface area contributed by atoms with E-state index in [1.54, 1.807) is 11.8 Å². The first-order valence-corrected chi connectivity index (χ1v) is 7.07. The van der Waals surface area contributed by atoms with E-state index in [-0.39, 0.29) is 0 Å². The molecule has 96 valence electrons. The van der Waals surface area contributed by atoms with E-state index in [4.69, 9.17) is 11.0 Å². The first kappa shape index (κ1) is 13.5. The summed E-state index contributed by atoms with van der Waals surface area (Å²) >= 11 is 1.73. The van der Waals surface area contributed by atoms with Gasteiger partial charge in [0.2, 0.25) is 0 Å². The highest BCUT2D eigenvalue weighted by molar-refractivity contribution is 7.98. The maximum Gasteiger partial charge on any atom is 0.0991 e. The maximum absolute atomic E-state index is 8.85. The van der Waals surface area contributed by atoms with E-state index in [0.29, 0.717) is 5.56 Å². The molecule has 0 fully saturated rings. The van der Waals surface area contributed by atoms with Gasteiger partial charge in [-0.3, -0.25) is 0 Å². The van der Waals surface area contributed by atoms with E-state index >= 15 is 0 Å². The van der Waals surface area contributed by atoms with Crippen molar-refractivity contribution in [3.63, 3.8) is 0 Å². The molecule has 19 heavy (non-hydrogen) atoms. The number of rotatable bonds is 3. The smallest absolute Gasteiger partial charge is 0.0991 e. The Morgan fingerprint density at radius 3 is 2.58 bits per heavy atom. The largest absolute Gasteiger partial charge is 0.398 e. The minimum absolute atomic E-state index is 0.709. The topological polar surface area (TPSA) is 49.8 Å². The van der Waals surface area contributed by atoms with Crippen LogP contribution in [0, 0.1) is 25.2 Å². The summed E-state index contributed by atoms with van der Waals surface area (Å²) in [5.41, 5.74) is 11.1. The van der Waals surface area contributed by atoms with Crippen molar-refractivity contribution < 1.29 is 0 Å². The number of hydrogen-bond acceptors (Lipinski definition) is 3. The van der Waals surface area contributed by atoms with Crippen LogP contribution in [0.3, 0.4) is 0 Å². The summed E-state index contributed by atoms with van der Waals surface area (Å²) in [5, 5.41) is 8.85. The van der Waals surface area contributed by atoms with E-state index in [0.717, 1.165) is 21.9 Å². The predicted molar refractivity (Wildman–Crippen MR) is 81.0 cm³/mol. The zero-order valence-electron chi connectivity index (χ0n) is 11.1. The second kappa shape index (κ2) is 5.81. The number of nitriles is 1. The number of benzene rings is 2. The number of anilines is 1. The molecule has 0 aromatic heterocycles. The fourth-order valence-corrected chi connectivity index (χ4v) is 2.91. The second-order valence-corrected chi connectivity index (χ2v) is 5.60. The van der Waals surface area contributed by atoms with Crippen LogP contribution in [0.1, 0.15) is 22.3 Å². The van der Waals surface area contributed by atoms with Gasteiger partial charge in [-0.1, -0.05) is 12.1 Å². The van der Waals surface area contributed by atoms with Crippen LogP contribution < -0.4 is 5.73 Å². The van der Waals surface area contributed by atoms with Crippen LogP contribution in [-0.2, 0) is 5.75 Å². The Bertz CT molecular complexity index is 642. The van der Waals surface area contributed by atoms with E-state index in [9.17, 15) is 0 Å². The van der Waals surface area contributed by atoms with Crippen molar-refractivity contribution >= 4 is 17.4 Å². The van der Waals surface area contributed by atoms with Gasteiger partial charge in [-0.25, -0.2) is 0 Å². The molecule has 2 aromatic rings. The first-order valence-electron chi connectivity index (χ1n) is 6.08. The summed E-state index contributed by atoms with van der Waals surface area (Å²) in [6.45, 7) is 4.07. The predicted octanol–water partition coefficient (Wildman–Crippen LogP) is 4.05. The monoisotopic (exact) mass is 268 g/mol. The number of hydrogen-bond donors (Lipinski definition) is 1. The van der Waals surface area contributed by atoms with Gasteiger partial charge in [0.05, 0.1) is 11.6 Å². The van der Waals surface area contributed by atoms with Gasteiger partial charge in [-0.05, 0) is 54.8 Å². The van der Waals surface area contributed by atoms with Crippen LogP contribution in [-0.4, -0.2) is 0 Å². The molecule has 0 spiro atoms. The Labute approximate surface area is 118 Å². The summed E-state index contributed by atoms with van der Waals surface area (Å²) in [6, 6.07) is 14.1. The summed E-state index contributed by atoms with van der Waals surface area (Å²) in [5.74, 6) is 0.866. The van der Waals surface area contributed by atoms with E-state index in [2.05, 4.69) is 18.2 Å². The number of nitrogens with two attached hydrogens (primary N) is 1. The summed E-state index contributed by atoms with van der Waals surface area (Å²) in [7, 11) is 0. The molecule has 0 aliphatic rings. The Hall–Kier alpha value is -1.92. The molecule has 2 rings (SSSR count). The third-order valence-corrected chi connectivity index (χ3v) is 4.16. The summed E-state index contributed by atoms with van der Waals surface area (Å²) in [4.78, 5) is 1.11. The fourth-order valence-electron chi connectivity index (χ4n) is 1.88. The van der Waals surface area contributed by atoms with E-state index in [1.807, 2.05) is 38.1 Å². The van der Waals surface area contributed by atoms with Crippen molar-refractivity contribution in [3.05, 3.63) is 58.7 Å². The van der Waals surface area contributed by atoms with Crippen LogP contribution in [0.25, 0.3) is 0 Å². The minimum atomic E-state index is 0.709. The zero-order valence-corrected chi connectivity index (χ0v) is 11.9. The number of aryl methyl sites for hydroxylation is 2. The molecule has 0 saturated heterocycles. The van der Waals surface area contributed by atoms with Gasteiger partial charge >= 0.3 is 0 Å². The van der Waals surface area contributed by atoms with Gasteiger partial charge in [-0.2, -0.15) is 5.26 Å². The molecule has 0 unspecified atom stereocenters. The molecule has 0 saturated carbocycles. The van der Waals surface area contributed by atoms with Crippen LogP contribution in [0.5, 0.6) is 0 Å². The molecule has 2 aromatic carbocycles. The first-order chi connectivity index (χ1) is 9.10. The molecule has 2 nitrogen and oxygen atoms in total. The molecular weight excluding hydrogens is 252 g/mol. The van der Waals surface area contributed by atoms with Crippen LogP contribution in [0.15, 0.2) is 41.3 Å². The SMILES string of the molecule is Cc1ccc(SCc2ccc(C#N)cc2C)c(N)c1. The van der Waals surface area contributed by atoms with E-state index < -0.39 is 0 Å². The van der Waals surface area contributed by atoms with Gasteiger partial charge in [0.1, 0.15) is 0 Å². The van der Waals surface area contributed by atoms with Crippen molar-refractivity contribution in [1.29, 1.82) is 5.26 Å². The number of nitrogens with zero attached hydrogens (tertiary/aromatic N) is 1. The summed E-state index contributed by atoms with van der Waals surface area (Å²) in [6.07, 6.45) is 0. The van der Waals surface area contributed by atoms with Crippen LogP contribution >= 0.6 is 11.8 Å². The quantitative estimate of drug-likeness (QED) is 0.675. The molecule has 0 aliphatic heterocycles. The standard InChI is InChI=1S/C16H16N2S/c1-11-3-6-16(15(18)7-11)19-10-14-5-4-13(9-17)8-12(14)2/h3-8H,10,18H2,1-2H3. The average molecular weight is 268 g/mol. The lowest BCUT2D eigenvalue weighted by atomic mass is 10.1. The Kier molecular flexibility index (Phi) is 4.13. The zero-order chi connectivity index (χ0) is 13.8. The lowest BCUT2D eigenvalue weighted by Crippen LogP contribution is -1.92. The molecule has 0 heterocycles. The molecule has 0 amide bonds. The van der Waals surface area contributed by atoms with Gasteiger partial charge in [0.15, 0.2) is 0 Å². The normalized spacial score (nSPS) is 10.2. The van der Waals surface area contributed by atoms with Crippen LogP contribution in [0.4, 0.5) is 5.69 Å². The Morgan fingerprint density at radius 1 is 1.16 bits per heavy atom. The van der Waals surface area contributed by atoms with Crippen molar-refractivity contribution in [3.8, 4) is 6.07 Å². The van der Waals surface area contributed by atoms with Gasteiger partial charge in [0.25, 0.3) is 0 Å². The molecule has 2 N–H and O–H groups in total. The highest BCUT2D eigenvalue weighted by Crippen LogP contribution is 2.29. The highest BCUT2D eigenvalue weighted by Gasteiger charge is 2.04. The van der Waals surface area contributed by atoms with Crippen molar-refractivity contribution in [2.45, 2.75) is 24.5 Å². The molecule has 3 heteroatoms. The maximum atomic E-state index is 8.85. The van der Waals surface area contributed by atoms with Gasteiger partial charge in [0, 0.05) is 16.3 Å². The Balaban J connectivity index is 2.13. The molecule has 0 radical (unpaired) electrons. The Morgan fingerprint density at radius 2 is 1.95 bits per heavy atom. The van der Waals surface area contributed by atoms with Gasteiger partial charge in [-0.15, -0.1) is 11.8 Å². The third kappa shape index (κ3) is 3.30. The number of thioether (sulfide) groups is 1. The van der Waals surface area contributed by atoms with Crippen molar-refractivity contribution in [1.82, 2.24) is 0 Å². The summed E-state index contributed by atoms with van der Waals surface area (Å²) < 4.78 is 0. The van der Waals surface area contributed by atoms with E-state index in [1.165, 1.54) is 11.1 Å². The minimum Gasteiger partial charge on any atom is -0.398 e. The van der Waals surface area contributed by atoms with Crippen molar-refractivity contribution in [2.24, 2.45) is 0 Å². The fraction of sp³-hybridized carbons (Fsp3) is 0.188. The lowest BCUT2D eigenvalue weighted by molar-refractivity contribution is 1.28.